The van der Waals surface area contributed by atoms with Crippen LogP contribution in [0.4, 0.5) is 13.6 Å². The number of halogens is 3. The molecule has 6 nitrogen and oxygen atoms in total. The number of nitrogens with zero attached hydrogens (tertiary/aromatic N) is 2. The number of hydrogen-bond donors (Lipinski definition) is 0. The van der Waals surface area contributed by atoms with Crippen LogP contribution in [0.25, 0.3) is 0 Å². The molecule has 0 aliphatic carbocycles. The number of benzene rings is 1. The molecule has 0 unspecified atom stereocenters. The maximum atomic E-state index is 13.4. The fourth-order valence-electron chi connectivity index (χ4n) is 3.24. The summed E-state index contributed by atoms with van der Waals surface area (Å²) in [7, 11) is 0. The van der Waals surface area contributed by atoms with Gasteiger partial charge in [-0.15, -0.1) is 0 Å². The first-order valence-corrected chi connectivity index (χ1v) is 10.4. The molecule has 2 heterocycles. The van der Waals surface area contributed by atoms with E-state index in [1.807, 2.05) is 20.8 Å². The number of hydrogen-bond acceptors (Lipinski definition) is 4. The Kier molecular flexibility index (Phi) is 6.89. The van der Waals surface area contributed by atoms with Gasteiger partial charge in [0.1, 0.15) is 17.5 Å². The van der Waals surface area contributed by atoms with E-state index in [4.69, 9.17) is 21.1 Å². The van der Waals surface area contributed by atoms with Gasteiger partial charge in [0.25, 0.3) is 5.56 Å². The lowest BCUT2D eigenvalue weighted by molar-refractivity contribution is 0.0126. The molecule has 0 saturated carbocycles. The standard InChI is InChI=1S/C22H25ClF2N2O4/c1-22(2,3)31-21(29)26-8-6-15(7-9-26)30-19-11-20(28)27(13-16(19)23)12-14-4-5-17(24)18(25)10-14/h4-5,10-11,13,15H,6-9,12H2,1-3H3. The predicted octanol–water partition coefficient (Wildman–Crippen LogP) is 4.61. The number of pyridine rings is 1. The summed E-state index contributed by atoms with van der Waals surface area (Å²) in [5, 5.41) is 0.233. The highest BCUT2D eigenvalue weighted by Crippen LogP contribution is 2.26. The molecule has 31 heavy (non-hydrogen) atoms. The Labute approximate surface area is 184 Å². The van der Waals surface area contributed by atoms with Gasteiger partial charge in [-0.25, -0.2) is 13.6 Å². The molecular formula is C22H25ClF2N2O4. The number of likely N-dealkylation sites (tertiary alicyclic amines) is 1. The van der Waals surface area contributed by atoms with Crippen LogP contribution in [0.2, 0.25) is 5.02 Å². The average Bonchev–Trinajstić information content (AvgIpc) is 2.68. The Bertz CT molecular complexity index is 1010. The number of amides is 1. The van der Waals surface area contributed by atoms with Crippen molar-refractivity contribution in [3.05, 3.63) is 63.0 Å². The van der Waals surface area contributed by atoms with Crippen LogP contribution in [0.3, 0.4) is 0 Å². The topological polar surface area (TPSA) is 60.8 Å². The van der Waals surface area contributed by atoms with Crippen molar-refractivity contribution in [2.45, 2.75) is 51.9 Å². The molecule has 168 valence electrons. The third-order valence-corrected chi connectivity index (χ3v) is 5.05. The zero-order valence-electron chi connectivity index (χ0n) is 17.7. The predicted molar refractivity (Wildman–Crippen MR) is 113 cm³/mol. The molecule has 0 bridgehead atoms. The van der Waals surface area contributed by atoms with Crippen LogP contribution >= 0.6 is 11.6 Å². The summed E-state index contributed by atoms with van der Waals surface area (Å²) in [6.07, 6.45) is 2.01. The fourth-order valence-corrected chi connectivity index (χ4v) is 3.46. The van der Waals surface area contributed by atoms with Crippen molar-refractivity contribution in [3.63, 3.8) is 0 Å². The monoisotopic (exact) mass is 454 g/mol. The first-order valence-electron chi connectivity index (χ1n) is 10.0. The average molecular weight is 455 g/mol. The second-order valence-corrected chi connectivity index (χ2v) is 8.89. The van der Waals surface area contributed by atoms with Gasteiger partial charge in [-0.1, -0.05) is 17.7 Å². The Hall–Kier alpha value is -2.61. The number of piperidine rings is 1. The molecule has 1 aliphatic rings. The number of ether oxygens (including phenoxy) is 2. The normalized spacial score (nSPS) is 15.1. The van der Waals surface area contributed by atoms with E-state index in [0.29, 0.717) is 31.5 Å². The van der Waals surface area contributed by atoms with Gasteiger partial charge in [0.15, 0.2) is 11.6 Å². The molecule has 1 aliphatic heterocycles. The van der Waals surface area contributed by atoms with Crippen LogP contribution in [-0.4, -0.2) is 40.4 Å². The minimum atomic E-state index is -0.977. The highest BCUT2D eigenvalue weighted by molar-refractivity contribution is 6.31. The highest BCUT2D eigenvalue weighted by Gasteiger charge is 2.28. The molecule has 9 heteroatoms. The highest BCUT2D eigenvalue weighted by atomic mass is 35.5. The fraction of sp³-hybridized carbons (Fsp3) is 0.455. The second-order valence-electron chi connectivity index (χ2n) is 8.48. The molecule has 1 aromatic heterocycles. The van der Waals surface area contributed by atoms with Gasteiger partial charge in [0.2, 0.25) is 0 Å². The van der Waals surface area contributed by atoms with E-state index in [2.05, 4.69) is 0 Å². The summed E-state index contributed by atoms with van der Waals surface area (Å²) >= 11 is 6.29. The van der Waals surface area contributed by atoms with Gasteiger partial charge in [-0.05, 0) is 38.5 Å². The van der Waals surface area contributed by atoms with E-state index in [1.165, 1.54) is 22.9 Å². The summed E-state index contributed by atoms with van der Waals surface area (Å²) in [4.78, 5) is 26.2. The zero-order chi connectivity index (χ0) is 22.8. The van der Waals surface area contributed by atoms with Gasteiger partial charge in [-0.3, -0.25) is 4.79 Å². The minimum Gasteiger partial charge on any atom is -0.488 e. The van der Waals surface area contributed by atoms with E-state index in [-0.39, 0.29) is 35.1 Å². The first kappa shape index (κ1) is 23.1. The van der Waals surface area contributed by atoms with Crippen molar-refractivity contribution >= 4 is 17.7 Å². The lowest BCUT2D eigenvalue weighted by atomic mass is 10.1. The van der Waals surface area contributed by atoms with E-state index in [9.17, 15) is 18.4 Å². The van der Waals surface area contributed by atoms with Crippen molar-refractivity contribution in [2.24, 2.45) is 0 Å². The van der Waals surface area contributed by atoms with Crippen molar-refractivity contribution in [2.75, 3.05) is 13.1 Å². The van der Waals surface area contributed by atoms with E-state index < -0.39 is 17.2 Å². The molecule has 0 radical (unpaired) electrons. The SMILES string of the molecule is CC(C)(C)OC(=O)N1CCC(Oc2cc(=O)n(Cc3ccc(F)c(F)c3)cc2Cl)CC1. The van der Waals surface area contributed by atoms with Gasteiger partial charge in [0, 0.05) is 38.2 Å². The Morgan fingerprint density at radius 1 is 1.16 bits per heavy atom. The molecule has 1 aromatic carbocycles. The number of aromatic nitrogens is 1. The molecule has 0 spiro atoms. The van der Waals surface area contributed by atoms with Crippen molar-refractivity contribution in [1.29, 1.82) is 0 Å². The van der Waals surface area contributed by atoms with E-state index in [0.717, 1.165) is 12.1 Å². The lowest BCUT2D eigenvalue weighted by Gasteiger charge is -2.33. The van der Waals surface area contributed by atoms with Crippen LogP contribution in [0.1, 0.15) is 39.2 Å². The largest absolute Gasteiger partial charge is 0.488 e. The van der Waals surface area contributed by atoms with Crippen molar-refractivity contribution in [3.8, 4) is 5.75 Å². The molecule has 2 aromatic rings. The lowest BCUT2D eigenvalue weighted by Crippen LogP contribution is -2.44. The minimum absolute atomic E-state index is 0.0459. The molecule has 3 rings (SSSR count). The summed E-state index contributed by atoms with van der Waals surface area (Å²) in [5.74, 6) is -1.67. The van der Waals surface area contributed by atoms with Gasteiger partial charge < -0.3 is 18.9 Å². The second kappa shape index (κ2) is 9.26. The van der Waals surface area contributed by atoms with E-state index >= 15 is 0 Å². The van der Waals surface area contributed by atoms with Crippen LogP contribution in [0, 0.1) is 11.6 Å². The Morgan fingerprint density at radius 3 is 2.45 bits per heavy atom. The first-order chi connectivity index (χ1) is 14.5. The van der Waals surface area contributed by atoms with Gasteiger partial charge in [-0.2, -0.15) is 0 Å². The van der Waals surface area contributed by atoms with Crippen LogP contribution < -0.4 is 10.3 Å². The third-order valence-electron chi connectivity index (χ3n) is 4.77. The Balaban J connectivity index is 1.62. The molecular weight excluding hydrogens is 430 g/mol. The van der Waals surface area contributed by atoms with Crippen LogP contribution in [0.5, 0.6) is 5.75 Å². The smallest absolute Gasteiger partial charge is 0.410 e. The quantitative estimate of drug-likeness (QED) is 0.677. The number of carbonyl (C=O) groups excluding carboxylic acids is 1. The summed E-state index contributed by atoms with van der Waals surface area (Å²) < 4.78 is 39.1. The summed E-state index contributed by atoms with van der Waals surface area (Å²) in [5.41, 5.74) is -0.503. The maximum absolute atomic E-state index is 13.4. The Morgan fingerprint density at radius 2 is 1.84 bits per heavy atom. The number of rotatable bonds is 4. The zero-order valence-corrected chi connectivity index (χ0v) is 18.4. The van der Waals surface area contributed by atoms with Crippen molar-refractivity contribution in [1.82, 2.24) is 9.47 Å². The molecule has 1 fully saturated rings. The van der Waals surface area contributed by atoms with E-state index in [1.54, 1.807) is 4.90 Å². The van der Waals surface area contributed by atoms with Crippen LogP contribution in [-0.2, 0) is 11.3 Å². The third kappa shape index (κ3) is 6.19. The summed E-state index contributed by atoms with van der Waals surface area (Å²) in [6, 6.07) is 4.74. The summed E-state index contributed by atoms with van der Waals surface area (Å²) in [6.45, 7) is 6.45. The van der Waals surface area contributed by atoms with Crippen LogP contribution in [0.15, 0.2) is 35.3 Å². The van der Waals surface area contributed by atoms with Gasteiger partial charge in [0.05, 0.1) is 11.6 Å². The molecule has 0 N–H and O–H groups in total. The molecule has 0 atom stereocenters. The molecule has 1 amide bonds. The van der Waals surface area contributed by atoms with Gasteiger partial charge >= 0.3 is 6.09 Å². The maximum Gasteiger partial charge on any atom is 0.410 e. The molecule has 1 saturated heterocycles. The number of carbonyl (C=O) groups is 1. The van der Waals surface area contributed by atoms with Crippen molar-refractivity contribution < 1.29 is 23.0 Å².